The molecule has 0 amide bonds. The van der Waals surface area contributed by atoms with E-state index in [1.807, 2.05) is 0 Å². The molecule has 0 aromatic rings. The van der Waals surface area contributed by atoms with E-state index < -0.39 is 0 Å². The van der Waals surface area contributed by atoms with Gasteiger partial charge in [-0.15, -0.1) is 12.3 Å². The lowest BCUT2D eigenvalue weighted by molar-refractivity contribution is 0.196. The third-order valence-corrected chi connectivity index (χ3v) is 3.32. The molecule has 2 nitrogen and oxygen atoms in total. The summed E-state index contributed by atoms with van der Waals surface area (Å²) in [6.07, 6.45) is 8.58. The van der Waals surface area contributed by atoms with Crippen LogP contribution in [0, 0.1) is 17.8 Å². The van der Waals surface area contributed by atoms with Crippen LogP contribution in [-0.2, 0) is 0 Å². The number of hydrogen-bond acceptors (Lipinski definition) is 2. The zero-order valence-corrected chi connectivity index (χ0v) is 11.1. The van der Waals surface area contributed by atoms with Gasteiger partial charge in [0, 0.05) is 19.0 Å². The minimum atomic E-state index is 0.342. The van der Waals surface area contributed by atoms with E-state index in [1.165, 1.54) is 13.0 Å². The minimum Gasteiger partial charge on any atom is -0.312 e. The fourth-order valence-electron chi connectivity index (χ4n) is 2.18. The lowest BCUT2D eigenvalue weighted by Gasteiger charge is -2.33. The molecule has 0 aliphatic carbocycles. The van der Waals surface area contributed by atoms with Gasteiger partial charge < -0.3 is 10.2 Å². The summed E-state index contributed by atoms with van der Waals surface area (Å²) in [6.45, 7) is 11.6. The first-order valence-corrected chi connectivity index (χ1v) is 6.43. The molecule has 0 aromatic heterocycles. The predicted octanol–water partition coefficient (Wildman–Crippen LogP) is 2.11. The molecule has 1 rings (SSSR count). The van der Waals surface area contributed by atoms with Crippen molar-refractivity contribution in [3.8, 4) is 12.3 Å². The third-order valence-electron chi connectivity index (χ3n) is 3.32. The fraction of sp³-hybridized carbons (Fsp3) is 0.857. The maximum absolute atomic E-state index is 5.29. The molecule has 92 valence electrons. The number of unbranched alkanes of at least 4 members (excludes halogenated alkanes) is 1. The highest BCUT2D eigenvalue weighted by molar-refractivity contribution is 4.87. The van der Waals surface area contributed by atoms with Crippen molar-refractivity contribution in [1.29, 1.82) is 0 Å². The summed E-state index contributed by atoms with van der Waals surface area (Å²) in [6, 6.07) is 0.598. The zero-order chi connectivity index (χ0) is 12.0. The Morgan fingerprint density at radius 3 is 2.81 bits per heavy atom. The Labute approximate surface area is 101 Å². The maximum Gasteiger partial charge on any atom is 0.0243 e. The van der Waals surface area contributed by atoms with Gasteiger partial charge in [-0.05, 0) is 37.9 Å². The molecule has 1 unspecified atom stereocenters. The highest BCUT2D eigenvalue weighted by atomic mass is 15.2. The SMILES string of the molecule is C#CCCCN1CCCNC(C(C)(C)C)C1. The Morgan fingerprint density at radius 1 is 1.44 bits per heavy atom. The molecule has 1 saturated heterocycles. The predicted molar refractivity (Wildman–Crippen MR) is 70.4 cm³/mol. The Morgan fingerprint density at radius 2 is 2.19 bits per heavy atom. The summed E-state index contributed by atoms with van der Waals surface area (Å²) in [5.74, 6) is 2.72. The van der Waals surface area contributed by atoms with Gasteiger partial charge in [0.1, 0.15) is 0 Å². The first-order valence-electron chi connectivity index (χ1n) is 6.43. The van der Waals surface area contributed by atoms with Crippen LogP contribution in [0.25, 0.3) is 0 Å². The smallest absolute Gasteiger partial charge is 0.0243 e. The second-order valence-corrected chi connectivity index (χ2v) is 5.83. The van der Waals surface area contributed by atoms with Crippen molar-refractivity contribution >= 4 is 0 Å². The van der Waals surface area contributed by atoms with Gasteiger partial charge in [0.15, 0.2) is 0 Å². The van der Waals surface area contributed by atoms with Gasteiger partial charge in [-0.3, -0.25) is 0 Å². The quantitative estimate of drug-likeness (QED) is 0.581. The average Bonchev–Trinajstić information content (AvgIpc) is 2.43. The normalized spacial score (nSPS) is 23.8. The second kappa shape index (κ2) is 6.27. The van der Waals surface area contributed by atoms with Crippen LogP contribution in [-0.4, -0.2) is 37.1 Å². The van der Waals surface area contributed by atoms with E-state index in [0.29, 0.717) is 11.5 Å². The van der Waals surface area contributed by atoms with Crippen LogP contribution in [0.3, 0.4) is 0 Å². The molecule has 0 aromatic carbocycles. The monoisotopic (exact) mass is 222 g/mol. The Hall–Kier alpha value is -0.520. The highest BCUT2D eigenvalue weighted by Crippen LogP contribution is 2.21. The zero-order valence-electron chi connectivity index (χ0n) is 11.1. The summed E-state index contributed by atoms with van der Waals surface area (Å²) >= 11 is 0. The molecule has 1 aliphatic rings. The average molecular weight is 222 g/mol. The second-order valence-electron chi connectivity index (χ2n) is 5.83. The Bertz CT molecular complexity index is 234. The molecular weight excluding hydrogens is 196 g/mol. The lowest BCUT2D eigenvalue weighted by Crippen LogP contribution is -2.46. The summed E-state index contributed by atoms with van der Waals surface area (Å²) < 4.78 is 0. The van der Waals surface area contributed by atoms with Crippen LogP contribution in [0.1, 0.15) is 40.0 Å². The summed E-state index contributed by atoms with van der Waals surface area (Å²) in [5, 5.41) is 3.66. The van der Waals surface area contributed by atoms with E-state index in [2.05, 4.69) is 36.9 Å². The summed E-state index contributed by atoms with van der Waals surface area (Å²) in [7, 11) is 0. The van der Waals surface area contributed by atoms with E-state index in [0.717, 1.165) is 32.5 Å². The van der Waals surface area contributed by atoms with Gasteiger partial charge in [-0.1, -0.05) is 20.8 Å². The van der Waals surface area contributed by atoms with Gasteiger partial charge in [0.05, 0.1) is 0 Å². The van der Waals surface area contributed by atoms with Crippen molar-refractivity contribution in [3.05, 3.63) is 0 Å². The number of nitrogens with one attached hydrogen (secondary N) is 1. The third kappa shape index (κ3) is 4.55. The Kier molecular flexibility index (Phi) is 5.31. The van der Waals surface area contributed by atoms with Gasteiger partial charge in [-0.25, -0.2) is 0 Å². The lowest BCUT2D eigenvalue weighted by atomic mass is 9.86. The van der Waals surface area contributed by atoms with Gasteiger partial charge >= 0.3 is 0 Å². The van der Waals surface area contributed by atoms with Crippen LogP contribution in [0.15, 0.2) is 0 Å². The van der Waals surface area contributed by atoms with Crippen molar-refractivity contribution in [2.45, 2.75) is 46.1 Å². The molecule has 1 N–H and O–H groups in total. The molecule has 16 heavy (non-hydrogen) atoms. The number of rotatable bonds is 3. The van der Waals surface area contributed by atoms with Crippen molar-refractivity contribution in [3.63, 3.8) is 0 Å². The molecule has 1 heterocycles. The van der Waals surface area contributed by atoms with Gasteiger partial charge in [-0.2, -0.15) is 0 Å². The number of nitrogens with zero attached hydrogens (tertiary/aromatic N) is 1. The fourth-order valence-corrected chi connectivity index (χ4v) is 2.18. The van der Waals surface area contributed by atoms with E-state index in [4.69, 9.17) is 6.42 Å². The van der Waals surface area contributed by atoms with E-state index in [9.17, 15) is 0 Å². The molecule has 2 heteroatoms. The summed E-state index contributed by atoms with van der Waals surface area (Å²) in [5.41, 5.74) is 0.342. The topological polar surface area (TPSA) is 15.3 Å². The number of terminal acetylenes is 1. The van der Waals surface area contributed by atoms with Crippen molar-refractivity contribution < 1.29 is 0 Å². The molecule has 0 bridgehead atoms. The molecule has 0 saturated carbocycles. The van der Waals surface area contributed by atoms with Crippen molar-refractivity contribution in [1.82, 2.24) is 10.2 Å². The number of hydrogen-bond donors (Lipinski definition) is 1. The van der Waals surface area contributed by atoms with Crippen molar-refractivity contribution in [2.75, 3.05) is 26.2 Å². The summed E-state index contributed by atoms with van der Waals surface area (Å²) in [4.78, 5) is 2.56. The van der Waals surface area contributed by atoms with Crippen LogP contribution >= 0.6 is 0 Å². The minimum absolute atomic E-state index is 0.342. The van der Waals surface area contributed by atoms with Crippen LogP contribution < -0.4 is 5.32 Å². The van der Waals surface area contributed by atoms with Crippen molar-refractivity contribution in [2.24, 2.45) is 5.41 Å². The standard InChI is InChI=1S/C14H26N2/c1-5-6-7-10-16-11-8-9-15-13(12-16)14(2,3)4/h1,13,15H,6-12H2,2-4H3. The van der Waals surface area contributed by atoms with Crippen LogP contribution in [0.4, 0.5) is 0 Å². The van der Waals surface area contributed by atoms with E-state index in [-0.39, 0.29) is 0 Å². The molecule has 0 spiro atoms. The molecule has 0 radical (unpaired) electrons. The van der Waals surface area contributed by atoms with Crippen LogP contribution in [0.5, 0.6) is 0 Å². The molecular formula is C14H26N2. The Balaban J connectivity index is 2.43. The first kappa shape index (κ1) is 13.5. The molecule has 1 atom stereocenters. The largest absolute Gasteiger partial charge is 0.312 e. The maximum atomic E-state index is 5.29. The van der Waals surface area contributed by atoms with Gasteiger partial charge in [0.2, 0.25) is 0 Å². The van der Waals surface area contributed by atoms with Gasteiger partial charge in [0.25, 0.3) is 0 Å². The highest BCUT2D eigenvalue weighted by Gasteiger charge is 2.27. The van der Waals surface area contributed by atoms with Crippen LogP contribution in [0.2, 0.25) is 0 Å². The molecule has 1 aliphatic heterocycles. The van der Waals surface area contributed by atoms with E-state index >= 15 is 0 Å². The molecule has 1 fully saturated rings. The first-order chi connectivity index (χ1) is 7.54. The van der Waals surface area contributed by atoms with E-state index in [1.54, 1.807) is 0 Å².